The zero-order valence-corrected chi connectivity index (χ0v) is 14.0. The molecule has 0 unspecified atom stereocenters. The lowest BCUT2D eigenvalue weighted by molar-refractivity contribution is -0.127. The molecule has 23 heavy (non-hydrogen) atoms. The first-order valence-corrected chi connectivity index (χ1v) is 7.88. The van der Waals surface area contributed by atoms with Gasteiger partial charge in [0.15, 0.2) is 6.10 Å². The fraction of sp³-hybridized carbons (Fsp3) is 0.278. The SMILES string of the molecule is CCOc1cccc(CNC(=O)[C@@H](C)Oc2ccccc2Cl)c1. The molecule has 0 radical (unpaired) electrons. The minimum absolute atomic E-state index is 0.202. The van der Waals surface area contributed by atoms with Crippen molar-refractivity contribution in [3.63, 3.8) is 0 Å². The van der Waals surface area contributed by atoms with Crippen LogP contribution in [0.5, 0.6) is 11.5 Å². The molecule has 0 heterocycles. The Kier molecular flexibility index (Phi) is 6.29. The molecule has 2 aromatic carbocycles. The fourth-order valence-electron chi connectivity index (χ4n) is 2.03. The molecule has 0 aliphatic carbocycles. The van der Waals surface area contributed by atoms with Gasteiger partial charge in [0.1, 0.15) is 11.5 Å². The van der Waals surface area contributed by atoms with Gasteiger partial charge in [-0.1, -0.05) is 35.9 Å². The molecule has 2 aromatic rings. The largest absolute Gasteiger partial charge is 0.494 e. The Morgan fingerprint density at radius 2 is 2.00 bits per heavy atom. The first kappa shape index (κ1) is 17.2. The van der Waals surface area contributed by atoms with E-state index in [9.17, 15) is 4.79 Å². The number of hydrogen-bond acceptors (Lipinski definition) is 3. The molecule has 1 amide bonds. The van der Waals surface area contributed by atoms with Crippen molar-refractivity contribution in [2.75, 3.05) is 6.61 Å². The molecular formula is C18H20ClNO3. The number of carbonyl (C=O) groups excluding carboxylic acids is 1. The van der Waals surface area contributed by atoms with Gasteiger partial charge in [-0.25, -0.2) is 0 Å². The molecule has 1 atom stereocenters. The number of halogens is 1. The van der Waals surface area contributed by atoms with Crippen LogP contribution in [0.25, 0.3) is 0 Å². The summed E-state index contributed by atoms with van der Waals surface area (Å²) in [4.78, 5) is 12.1. The van der Waals surface area contributed by atoms with E-state index in [-0.39, 0.29) is 5.91 Å². The van der Waals surface area contributed by atoms with Crippen molar-refractivity contribution >= 4 is 17.5 Å². The molecule has 0 bridgehead atoms. The van der Waals surface area contributed by atoms with Gasteiger partial charge in [-0.2, -0.15) is 0 Å². The molecule has 0 spiro atoms. The van der Waals surface area contributed by atoms with Crippen molar-refractivity contribution in [1.82, 2.24) is 5.32 Å². The Bertz CT molecular complexity index is 660. The summed E-state index contributed by atoms with van der Waals surface area (Å²) in [6, 6.07) is 14.7. The Balaban J connectivity index is 1.89. The molecule has 5 heteroatoms. The van der Waals surface area contributed by atoms with Crippen molar-refractivity contribution in [3.05, 3.63) is 59.1 Å². The zero-order chi connectivity index (χ0) is 16.7. The molecule has 0 saturated carbocycles. The van der Waals surface area contributed by atoms with Crippen molar-refractivity contribution in [2.24, 2.45) is 0 Å². The molecule has 0 aliphatic heterocycles. The Labute approximate surface area is 141 Å². The lowest BCUT2D eigenvalue weighted by atomic mass is 10.2. The number of ether oxygens (including phenoxy) is 2. The number of carbonyl (C=O) groups is 1. The van der Waals surface area contributed by atoms with E-state index in [1.54, 1.807) is 19.1 Å². The fourth-order valence-corrected chi connectivity index (χ4v) is 2.21. The van der Waals surface area contributed by atoms with Crippen LogP contribution in [0, 0.1) is 0 Å². The van der Waals surface area contributed by atoms with Crippen LogP contribution in [0.4, 0.5) is 0 Å². The average molecular weight is 334 g/mol. The van der Waals surface area contributed by atoms with Crippen molar-refractivity contribution in [1.29, 1.82) is 0 Å². The molecule has 4 nitrogen and oxygen atoms in total. The predicted octanol–water partition coefficient (Wildman–Crippen LogP) is 3.82. The molecular weight excluding hydrogens is 314 g/mol. The van der Waals surface area contributed by atoms with Gasteiger partial charge in [0.25, 0.3) is 5.91 Å². The number of nitrogens with one attached hydrogen (secondary N) is 1. The summed E-state index contributed by atoms with van der Waals surface area (Å²) < 4.78 is 11.0. The van der Waals surface area contributed by atoms with E-state index in [1.807, 2.05) is 43.3 Å². The number of para-hydroxylation sites is 1. The lowest BCUT2D eigenvalue weighted by Crippen LogP contribution is -2.35. The van der Waals surface area contributed by atoms with Crippen LogP contribution < -0.4 is 14.8 Å². The second-order valence-electron chi connectivity index (χ2n) is 4.99. The van der Waals surface area contributed by atoms with Gasteiger partial charge < -0.3 is 14.8 Å². The van der Waals surface area contributed by atoms with Crippen molar-refractivity contribution < 1.29 is 14.3 Å². The van der Waals surface area contributed by atoms with E-state index >= 15 is 0 Å². The summed E-state index contributed by atoms with van der Waals surface area (Å²) in [5.41, 5.74) is 0.967. The Hall–Kier alpha value is -2.20. The average Bonchev–Trinajstić information content (AvgIpc) is 2.55. The topological polar surface area (TPSA) is 47.6 Å². The highest BCUT2D eigenvalue weighted by Gasteiger charge is 2.15. The first-order valence-electron chi connectivity index (χ1n) is 7.50. The van der Waals surface area contributed by atoms with Crippen LogP contribution in [0.15, 0.2) is 48.5 Å². The van der Waals surface area contributed by atoms with Crippen molar-refractivity contribution in [2.45, 2.75) is 26.5 Å². The van der Waals surface area contributed by atoms with Crippen LogP contribution in [0.3, 0.4) is 0 Å². The lowest BCUT2D eigenvalue weighted by Gasteiger charge is -2.15. The highest BCUT2D eigenvalue weighted by molar-refractivity contribution is 6.32. The second kappa shape index (κ2) is 8.44. The quantitative estimate of drug-likeness (QED) is 0.837. The number of benzene rings is 2. The standard InChI is InChI=1S/C18H20ClNO3/c1-3-22-15-8-6-7-14(11-15)12-20-18(21)13(2)23-17-10-5-4-9-16(17)19/h4-11,13H,3,12H2,1-2H3,(H,20,21)/t13-/m1/s1. The third-order valence-corrected chi connectivity index (χ3v) is 3.50. The summed E-state index contributed by atoms with van der Waals surface area (Å²) in [7, 11) is 0. The summed E-state index contributed by atoms with van der Waals surface area (Å²) >= 11 is 6.02. The zero-order valence-electron chi connectivity index (χ0n) is 13.2. The van der Waals surface area contributed by atoms with Crippen LogP contribution >= 0.6 is 11.6 Å². The molecule has 0 saturated heterocycles. The highest BCUT2D eigenvalue weighted by Crippen LogP contribution is 2.24. The minimum Gasteiger partial charge on any atom is -0.494 e. The normalized spacial score (nSPS) is 11.6. The predicted molar refractivity (Wildman–Crippen MR) is 91.0 cm³/mol. The van der Waals surface area contributed by atoms with Crippen LogP contribution in [0.2, 0.25) is 5.02 Å². The van der Waals surface area contributed by atoms with Crippen LogP contribution in [-0.2, 0) is 11.3 Å². The second-order valence-corrected chi connectivity index (χ2v) is 5.40. The summed E-state index contributed by atoms with van der Waals surface area (Å²) in [6.07, 6.45) is -0.634. The van der Waals surface area contributed by atoms with E-state index in [2.05, 4.69) is 5.32 Å². The van der Waals surface area contributed by atoms with E-state index in [1.165, 1.54) is 0 Å². The van der Waals surface area contributed by atoms with Gasteiger partial charge >= 0.3 is 0 Å². The molecule has 2 rings (SSSR count). The summed E-state index contributed by atoms with van der Waals surface area (Å²) in [6.45, 7) is 4.64. The maximum absolute atomic E-state index is 12.1. The highest BCUT2D eigenvalue weighted by atomic mass is 35.5. The van der Waals surface area contributed by atoms with Gasteiger partial charge in [-0.3, -0.25) is 4.79 Å². The molecule has 1 N–H and O–H groups in total. The molecule has 0 fully saturated rings. The molecule has 122 valence electrons. The maximum atomic E-state index is 12.1. The number of hydrogen-bond donors (Lipinski definition) is 1. The third kappa shape index (κ3) is 5.18. The van der Waals surface area contributed by atoms with Crippen LogP contribution in [0.1, 0.15) is 19.4 Å². The molecule has 0 aliphatic rings. The van der Waals surface area contributed by atoms with Gasteiger partial charge in [0.05, 0.1) is 11.6 Å². The van der Waals surface area contributed by atoms with E-state index < -0.39 is 6.10 Å². The van der Waals surface area contributed by atoms with Gasteiger partial charge in [-0.15, -0.1) is 0 Å². The van der Waals surface area contributed by atoms with Gasteiger partial charge in [0.2, 0.25) is 0 Å². The van der Waals surface area contributed by atoms with E-state index in [0.29, 0.717) is 23.9 Å². The smallest absolute Gasteiger partial charge is 0.261 e. The minimum atomic E-state index is -0.634. The van der Waals surface area contributed by atoms with E-state index in [0.717, 1.165) is 11.3 Å². The van der Waals surface area contributed by atoms with Gasteiger partial charge in [-0.05, 0) is 43.7 Å². The monoisotopic (exact) mass is 333 g/mol. The Morgan fingerprint density at radius 1 is 1.22 bits per heavy atom. The van der Waals surface area contributed by atoms with Crippen LogP contribution in [-0.4, -0.2) is 18.6 Å². The number of rotatable bonds is 7. The van der Waals surface area contributed by atoms with E-state index in [4.69, 9.17) is 21.1 Å². The first-order chi connectivity index (χ1) is 11.1. The maximum Gasteiger partial charge on any atom is 0.261 e. The Morgan fingerprint density at radius 3 is 2.74 bits per heavy atom. The molecule has 0 aromatic heterocycles. The summed E-state index contributed by atoms with van der Waals surface area (Å²) in [5.74, 6) is 1.08. The number of amides is 1. The summed E-state index contributed by atoms with van der Waals surface area (Å²) in [5, 5.41) is 3.33. The van der Waals surface area contributed by atoms with Gasteiger partial charge in [0, 0.05) is 6.54 Å². The van der Waals surface area contributed by atoms with Crippen molar-refractivity contribution in [3.8, 4) is 11.5 Å². The third-order valence-electron chi connectivity index (χ3n) is 3.19.